The van der Waals surface area contributed by atoms with Crippen LogP contribution in [0.5, 0.6) is 11.5 Å². The Balaban J connectivity index is 1.46. The molecule has 36 heavy (non-hydrogen) atoms. The van der Waals surface area contributed by atoms with Gasteiger partial charge in [-0.15, -0.1) is 16.9 Å². The molecule has 12 heteroatoms. The van der Waals surface area contributed by atoms with Crippen LogP contribution in [0.15, 0.2) is 63.0 Å². The lowest BCUT2D eigenvalue weighted by Crippen LogP contribution is -2.35. The maximum Gasteiger partial charge on any atom is 0.283 e. The van der Waals surface area contributed by atoms with Crippen molar-refractivity contribution in [2.45, 2.75) is 18.7 Å². The van der Waals surface area contributed by atoms with Crippen LogP contribution in [0.2, 0.25) is 0 Å². The van der Waals surface area contributed by atoms with Crippen molar-refractivity contribution in [3.8, 4) is 11.5 Å². The molecule has 0 bridgehead atoms. The normalized spacial score (nSPS) is 16.6. The molecule has 2 aromatic carbocycles. The molecule has 4 rings (SSSR count). The summed E-state index contributed by atoms with van der Waals surface area (Å²) in [6.45, 7) is 4.03. The van der Waals surface area contributed by atoms with Crippen molar-refractivity contribution in [3.05, 3.63) is 59.2 Å². The van der Waals surface area contributed by atoms with Crippen molar-refractivity contribution < 1.29 is 22.7 Å². The average molecular weight is 545 g/mol. The zero-order valence-corrected chi connectivity index (χ0v) is 22.3. The van der Waals surface area contributed by atoms with Gasteiger partial charge in [0.2, 0.25) is 19.4 Å². The number of hydrogen-bond acceptors (Lipinski definition) is 9. The van der Waals surface area contributed by atoms with Gasteiger partial charge >= 0.3 is 0 Å². The predicted octanol–water partition coefficient (Wildman–Crippen LogP) is 4.19. The predicted molar refractivity (Wildman–Crippen MR) is 145 cm³/mol. The number of nitrogens with one attached hydrogen (secondary N) is 1. The van der Waals surface area contributed by atoms with Crippen LogP contribution in [-0.2, 0) is 14.6 Å². The number of hydrazone groups is 1. The number of rotatable bonds is 8. The lowest BCUT2D eigenvalue weighted by atomic mass is 10.1. The number of nitrogens with zero attached hydrogens (tertiary/aromatic N) is 3. The summed E-state index contributed by atoms with van der Waals surface area (Å²) in [5.41, 5.74) is 1.80. The number of methoxy groups -OCH3 is 1. The number of amides is 1. The van der Waals surface area contributed by atoms with E-state index < -0.39 is 15.7 Å². The Morgan fingerprint density at radius 1 is 1.17 bits per heavy atom. The third kappa shape index (κ3) is 5.66. The number of hydrogen-bond donors (Lipinski definition) is 1. The highest BCUT2D eigenvalue weighted by Gasteiger charge is 2.39. The number of ether oxygens (including phenoxy) is 2. The summed E-state index contributed by atoms with van der Waals surface area (Å²) in [5, 5.41) is 13.6. The zero-order valence-electron chi connectivity index (χ0n) is 19.8. The number of aliphatic imine (C=N–C) groups is 1. The van der Waals surface area contributed by atoms with Gasteiger partial charge in [0.15, 0.2) is 17.3 Å². The van der Waals surface area contributed by atoms with Crippen LogP contribution in [0, 0.1) is 12.3 Å². The zero-order chi connectivity index (χ0) is 25.9. The highest BCUT2D eigenvalue weighted by atomic mass is 32.3. The van der Waals surface area contributed by atoms with Crippen molar-refractivity contribution in [2.75, 3.05) is 25.2 Å². The lowest BCUT2D eigenvalue weighted by molar-refractivity contribution is -0.114. The van der Waals surface area contributed by atoms with E-state index in [-0.39, 0.29) is 26.7 Å². The van der Waals surface area contributed by atoms with E-state index in [4.69, 9.17) is 14.9 Å². The number of thioether (sulfide) groups is 2. The smallest absolute Gasteiger partial charge is 0.283 e. The van der Waals surface area contributed by atoms with E-state index in [0.717, 1.165) is 22.5 Å². The Hall–Kier alpha value is -3.09. The lowest BCUT2D eigenvalue weighted by Gasteiger charge is -2.20. The standard InChI is InChI=1S/C24H24N4O5S3/c1-4-36(30,31)24-27-28-21(25)18(22(29)26-23(28)35-24)13-16-7-10-19(20(14-16)32-3)33-11-12-34-17-8-5-15(2)6-9-17/h5-10,13-14,25H,4,11-12H2,1-3H3/b18-13-,25-21?. The molecule has 1 amide bonds. The molecular weight excluding hydrogens is 520 g/mol. The Kier molecular flexibility index (Phi) is 7.86. The highest BCUT2D eigenvalue weighted by molar-refractivity contribution is 8.42. The molecule has 0 unspecified atom stereocenters. The summed E-state index contributed by atoms with van der Waals surface area (Å²) in [5.74, 6) is 0.777. The monoisotopic (exact) mass is 544 g/mol. The fourth-order valence-corrected chi connectivity index (χ4v) is 6.12. The Morgan fingerprint density at radius 3 is 2.61 bits per heavy atom. The summed E-state index contributed by atoms with van der Waals surface area (Å²) < 4.78 is 35.5. The topological polar surface area (TPSA) is 121 Å². The number of aryl methyl sites for hydroxylation is 1. The Morgan fingerprint density at radius 2 is 1.92 bits per heavy atom. The molecule has 9 nitrogen and oxygen atoms in total. The van der Waals surface area contributed by atoms with Crippen molar-refractivity contribution in [3.63, 3.8) is 0 Å². The van der Waals surface area contributed by atoms with Gasteiger partial charge in [-0.3, -0.25) is 10.2 Å². The Bertz CT molecular complexity index is 1400. The molecule has 0 radical (unpaired) electrons. The summed E-state index contributed by atoms with van der Waals surface area (Å²) in [4.78, 5) is 17.7. The van der Waals surface area contributed by atoms with Crippen LogP contribution in [0.3, 0.4) is 0 Å². The third-order valence-electron chi connectivity index (χ3n) is 5.21. The SMILES string of the molecule is CCS(=O)(=O)C1=NN2C(=N)/C(=C/c3ccc(OCCSc4ccc(C)cc4)c(OC)c3)C(=O)N=C2S1. The van der Waals surface area contributed by atoms with Crippen molar-refractivity contribution in [2.24, 2.45) is 10.1 Å². The molecule has 2 heterocycles. The molecule has 0 saturated heterocycles. The van der Waals surface area contributed by atoms with Gasteiger partial charge in [0.1, 0.15) is 0 Å². The van der Waals surface area contributed by atoms with E-state index in [1.807, 2.05) is 0 Å². The minimum absolute atomic E-state index is 0.0107. The van der Waals surface area contributed by atoms with Gasteiger partial charge in [-0.2, -0.15) is 10.0 Å². The first-order valence-electron chi connectivity index (χ1n) is 10.9. The number of carbonyl (C=O) groups is 1. The summed E-state index contributed by atoms with van der Waals surface area (Å²) in [6, 6.07) is 13.5. The molecular formula is C24H24N4O5S3. The fraction of sp³-hybridized carbons (Fsp3) is 0.250. The van der Waals surface area contributed by atoms with E-state index in [9.17, 15) is 13.2 Å². The van der Waals surface area contributed by atoms with Gasteiger partial charge in [-0.1, -0.05) is 30.7 Å². The van der Waals surface area contributed by atoms with Crippen LogP contribution in [0.1, 0.15) is 18.1 Å². The first kappa shape index (κ1) is 26.0. The molecule has 0 fully saturated rings. The van der Waals surface area contributed by atoms with Crippen molar-refractivity contribution in [1.82, 2.24) is 5.01 Å². The molecule has 2 aliphatic rings. The molecule has 0 aromatic heterocycles. The van der Waals surface area contributed by atoms with Gasteiger partial charge in [0.25, 0.3) is 5.91 Å². The van der Waals surface area contributed by atoms with E-state index in [1.54, 1.807) is 30.0 Å². The second kappa shape index (κ2) is 10.9. The van der Waals surface area contributed by atoms with Gasteiger partial charge in [-0.05, 0) is 54.6 Å². The minimum Gasteiger partial charge on any atom is -0.493 e. The largest absolute Gasteiger partial charge is 0.493 e. The Labute approximate surface area is 218 Å². The molecule has 188 valence electrons. The van der Waals surface area contributed by atoms with E-state index in [1.165, 1.54) is 30.6 Å². The fourth-order valence-electron chi connectivity index (χ4n) is 3.23. The van der Waals surface area contributed by atoms with Gasteiger partial charge in [0.05, 0.1) is 25.0 Å². The van der Waals surface area contributed by atoms with Gasteiger partial charge in [-0.25, -0.2) is 8.42 Å². The van der Waals surface area contributed by atoms with Crippen LogP contribution in [0.4, 0.5) is 0 Å². The van der Waals surface area contributed by atoms with Crippen LogP contribution in [0.25, 0.3) is 6.08 Å². The summed E-state index contributed by atoms with van der Waals surface area (Å²) >= 11 is 2.47. The van der Waals surface area contributed by atoms with Gasteiger partial charge in [0, 0.05) is 10.6 Å². The minimum atomic E-state index is -3.58. The van der Waals surface area contributed by atoms with Crippen molar-refractivity contribution >= 4 is 60.7 Å². The molecule has 1 N–H and O–H groups in total. The maximum atomic E-state index is 12.6. The molecule has 0 saturated carbocycles. The average Bonchev–Trinajstić information content (AvgIpc) is 3.31. The molecule has 0 atom stereocenters. The number of sulfone groups is 1. The molecule has 0 spiro atoms. The van der Waals surface area contributed by atoms with Crippen LogP contribution >= 0.6 is 23.5 Å². The molecule has 0 aliphatic carbocycles. The van der Waals surface area contributed by atoms with E-state index in [2.05, 4.69) is 41.3 Å². The van der Waals surface area contributed by atoms with Crippen LogP contribution in [-0.4, -0.2) is 59.9 Å². The van der Waals surface area contributed by atoms with Crippen molar-refractivity contribution in [1.29, 1.82) is 5.41 Å². The van der Waals surface area contributed by atoms with Crippen LogP contribution < -0.4 is 9.47 Å². The summed E-state index contributed by atoms with van der Waals surface area (Å²) in [6.07, 6.45) is 1.50. The number of fused-ring (bicyclic) bond motifs is 1. The number of carbonyl (C=O) groups excluding carboxylic acids is 1. The number of benzene rings is 2. The first-order chi connectivity index (χ1) is 17.2. The van der Waals surface area contributed by atoms with E-state index in [0.29, 0.717) is 23.7 Å². The van der Waals surface area contributed by atoms with Gasteiger partial charge < -0.3 is 9.47 Å². The molecule has 2 aliphatic heterocycles. The molecule has 2 aromatic rings. The first-order valence-corrected chi connectivity index (χ1v) is 14.4. The second-order valence-electron chi connectivity index (χ2n) is 7.71. The maximum absolute atomic E-state index is 12.6. The highest BCUT2D eigenvalue weighted by Crippen LogP contribution is 2.32. The van der Waals surface area contributed by atoms with E-state index >= 15 is 0 Å². The quantitative estimate of drug-likeness (QED) is 0.298. The third-order valence-corrected chi connectivity index (χ3v) is 9.28. The summed E-state index contributed by atoms with van der Waals surface area (Å²) in [7, 11) is -2.06. The number of amidine groups is 2. The second-order valence-corrected chi connectivity index (χ2v) is 12.3.